The molecule has 2 aliphatic heterocycles. The zero-order chi connectivity index (χ0) is 16.5. The zero-order valence-corrected chi connectivity index (χ0v) is 14.4. The van der Waals surface area contributed by atoms with Crippen LogP contribution in [0.3, 0.4) is 0 Å². The van der Waals surface area contributed by atoms with Gasteiger partial charge in [-0.3, -0.25) is 4.79 Å². The Morgan fingerprint density at radius 1 is 1.30 bits per heavy atom. The number of hydrogen-bond donors (Lipinski definition) is 0. The number of rotatable bonds is 5. The van der Waals surface area contributed by atoms with Crippen molar-refractivity contribution >= 4 is 17.7 Å². The van der Waals surface area contributed by atoms with Crippen LogP contribution in [-0.2, 0) is 29.5 Å². The molecular formula is C17H22O5S. The van der Waals surface area contributed by atoms with Crippen molar-refractivity contribution in [2.24, 2.45) is 0 Å². The van der Waals surface area contributed by atoms with Gasteiger partial charge in [0, 0.05) is 5.75 Å². The van der Waals surface area contributed by atoms with E-state index in [1.165, 1.54) is 12.7 Å². The van der Waals surface area contributed by atoms with E-state index >= 15 is 0 Å². The van der Waals surface area contributed by atoms with E-state index in [1.54, 1.807) is 11.8 Å². The molecule has 2 fully saturated rings. The molecule has 0 radical (unpaired) electrons. The number of hydrogen-bond acceptors (Lipinski definition) is 6. The van der Waals surface area contributed by atoms with Crippen molar-refractivity contribution in [2.75, 3.05) is 13.7 Å². The Balaban J connectivity index is 1.79. The lowest BCUT2D eigenvalue weighted by Gasteiger charge is -2.32. The fraction of sp³-hybridized carbons (Fsp3) is 0.588. The Morgan fingerprint density at radius 2 is 2.04 bits per heavy atom. The average Bonchev–Trinajstić information content (AvgIpc) is 3.01. The highest BCUT2D eigenvalue weighted by atomic mass is 32.2. The zero-order valence-electron chi connectivity index (χ0n) is 13.6. The molecule has 1 aromatic carbocycles. The number of fused-ring (bicyclic) bond motifs is 1. The van der Waals surface area contributed by atoms with Gasteiger partial charge in [-0.05, 0) is 19.4 Å². The van der Waals surface area contributed by atoms with Crippen LogP contribution in [0.1, 0.15) is 25.8 Å². The van der Waals surface area contributed by atoms with Crippen molar-refractivity contribution in [2.45, 2.75) is 48.9 Å². The van der Waals surface area contributed by atoms with Gasteiger partial charge < -0.3 is 18.9 Å². The minimum Gasteiger partial charge on any atom is -0.469 e. The Hall–Kier alpha value is -1.08. The summed E-state index contributed by atoms with van der Waals surface area (Å²) in [5.74, 6) is -0.238. The van der Waals surface area contributed by atoms with E-state index in [0.717, 1.165) is 5.75 Å². The number of esters is 1. The Kier molecular flexibility index (Phi) is 4.69. The fourth-order valence-corrected chi connectivity index (χ4v) is 4.35. The van der Waals surface area contributed by atoms with Gasteiger partial charge >= 0.3 is 5.97 Å². The molecule has 2 saturated heterocycles. The molecule has 0 bridgehead atoms. The minimum absolute atomic E-state index is 0.140. The first-order valence-corrected chi connectivity index (χ1v) is 8.67. The van der Waals surface area contributed by atoms with Gasteiger partial charge in [0.15, 0.2) is 10.7 Å². The molecule has 0 unspecified atom stereocenters. The number of benzene rings is 1. The molecule has 0 spiro atoms. The Morgan fingerprint density at radius 3 is 2.74 bits per heavy atom. The molecule has 23 heavy (non-hydrogen) atoms. The molecule has 6 heteroatoms. The third-order valence-electron chi connectivity index (χ3n) is 4.05. The third-order valence-corrected chi connectivity index (χ3v) is 5.51. The van der Waals surface area contributed by atoms with Gasteiger partial charge in [0.1, 0.15) is 12.2 Å². The van der Waals surface area contributed by atoms with E-state index in [-0.39, 0.29) is 24.6 Å². The average molecular weight is 338 g/mol. The molecule has 126 valence electrons. The summed E-state index contributed by atoms with van der Waals surface area (Å²) in [6, 6.07) is 10.1. The van der Waals surface area contributed by atoms with Crippen LogP contribution in [0.2, 0.25) is 0 Å². The van der Waals surface area contributed by atoms with Gasteiger partial charge in [-0.1, -0.05) is 30.3 Å². The van der Waals surface area contributed by atoms with Crippen molar-refractivity contribution in [3.05, 3.63) is 35.9 Å². The molecule has 3 atom stereocenters. The van der Waals surface area contributed by atoms with Gasteiger partial charge in [-0.15, -0.1) is 11.8 Å². The molecule has 0 amide bonds. The van der Waals surface area contributed by atoms with Crippen molar-refractivity contribution < 1.29 is 23.7 Å². The van der Waals surface area contributed by atoms with Crippen LogP contribution in [0, 0.1) is 0 Å². The van der Waals surface area contributed by atoms with Gasteiger partial charge in [-0.2, -0.15) is 0 Å². The Labute approximate surface area is 140 Å². The Bertz CT molecular complexity index is 561. The first-order chi connectivity index (χ1) is 10.9. The second-order valence-corrected chi connectivity index (χ2v) is 7.51. The van der Waals surface area contributed by atoms with Crippen LogP contribution in [0.4, 0.5) is 0 Å². The molecule has 1 aromatic rings. The molecule has 0 aliphatic carbocycles. The van der Waals surface area contributed by atoms with Crippen LogP contribution in [-0.4, -0.2) is 42.6 Å². The summed E-state index contributed by atoms with van der Waals surface area (Å²) in [6.07, 6.45) is -0.301. The number of ether oxygens (including phenoxy) is 4. The first kappa shape index (κ1) is 16.8. The summed E-state index contributed by atoms with van der Waals surface area (Å²) in [6.45, 7) is 4.19. The number of carbonyl (C=O) groups excluding carboxylic acids is 1. The molecule has 5 nitrogen and oxygen atoms in total. The van der Waals surface area contributed by atoms with Gasteiger partial charge in [0.2, 0.25) is 0 Å². The van der Waals surface area contributed by atoms with E-state index in [0.29, 0.717) is 6.61 Å². The number of methoxy groups -OCH3 is 1. The van der Waals surface area contributed by atoms with E-state index in [2.05, 4.69) is 12.1 Å². The standard InChI is InChI=1S/C17H22O5S/c1-16(2)21-13-10-20-17(15(13)22-16,9-14(18)19-3)23-11-12-7-5-4-6-8-12/h4-8,13,15H,9-11H2,1-3H3/t13-,15-,17+/m1/s1. The highest BCUT2D eigenvalue weighted by molar-refractivity contribution is 7.99. The van der Waals surface area contributed by atoms with Gasteiger partial charge in [-0.25, -0.2) is 0 Å². The van der Waals surface area contributed by atoms with Crippen molar-refractivity contribution in [3.8, 4) is 0 Å². The second kappa shape index (κ2) is 6.43. The molecular weight excluding hydrogens is 316 g/mol. The summed E-state index contributed by atoms with van der Waals surface area (Å²) in [5.41, 5.74) is 1.17. The topological polar surface area (TPSA) is 54.0 Å². The van der Waals surface area contributed by atoms with Crippen LogP contribution >= 0.6 is 11.8 Å². The fourth-order valence-electron chi connectivity index (χ4n) is 3.02. The van der Waals surface area contributed by atoms with Crippen LogP contribution < -0.4 is 0 Å². The maximum Gasteiger partial charge on any atom is 0.309 e. The summed E-state index contributed by atoms with van der Waals surface area (Å²) in [4.78, 5) is 11.1. The predicted octanol–water partition coefficient (Wildman–Crippen LogP) is 2.73. The molecule has 2 aliphatic rings. The van der Waals surface area contributed by atoms with Crippen molar-refractivity contribution in [3.63, 3.8) is 0 Å². The minimum atomic E-state index is -0.776. The second-order valence-electron chi connectivity index (χ2n) is 6.24. The van der Waals surface area contributed by atoms with Crippen LogP contribution in [0.15, 0.2) is 30.3 Å². The SMILES string of the molecule is COC(=O)C[C@@]1(SCc2ccccc2)OC[C@H]2OC(C)(C)O[C@H]21. The summed E-state index contributed by atoms with van der Waals surface area (Å²) in [7, 11) is 1.39. The highest BCUT2D eigenvalue weighted by Gasteiger charge is 2.59. The lowest BCUT2D eigenvalue weighted by molar-refractivity contribution is -0.183. The number of carbonyl (C=O) groups is 1. The van der Waals surface area contributed by atoms with E-state index in [4.69, 9.17) is 18.9 Å². The lowest BCUT2D eigenvalue weighted by Crippen LogP contribution is -2.42. The van der Waals surface area contributed by atoms with Crippen LogP contribution in [0.5, 0.6) is 0 Å². The monoisotopic (exact) mass is 338 g/mol. The largest absolute Gasteiger partial charge is 0.469 e. The molecule has 3 rings (SSSR count). The van der Waals surface area contributed by atoms with Crippen molar-refractivity contribution in [1.29, 1.82) is 0 Å². The normalized spacial score (nSPS) is 31.8. The van der Waals surface area contributed by atoms with E-state index in [1.807, 2.05) is 32.0 Å². The molecule has 2 heterocycles. The smallest absolute Gasteiger partial charge is 0.309 e. The summed E-state index contributed by atoms with van der Waals surface area (Å²) in [5, 5.41) is 0. The molecule has 0 aromatic heterocycles. The number of thioether (sulfide) groups is 1. The first-order valence-electron chi connectivity index (χ1n) is 7.68. The molecule has 0 N–H and O–H groups in total. The molecule has 0 saturated carbocycles. The third kappa shape index (κ3) is 3.55. The maximum absolute atomic E-state index is 11.9. The highest BCUT2D eigenvalue weighted by Crippen LogP contribution is 2.49. The van der Waals surface area contributed by atoms with Crippen LogP contribution in [0.25, 0.3) is 0 Å². The lowest BCUT2D eigenvalue weighted by atomic mass is 10.1. The summed E-state index contributed by atoms with van der Waals surface area (Å²) < 4.78 is 22.8. The summed E-state index contributed by atoms with van der Waals surface area (Å²) >= 11 is 1.58. The van der Waals surface area contributed by atoms with E-state index in [9.17, 15) is 4.79 Å². The van der Waals surface area contributed by atoms with Gasteiger partial charge in [0.25, 0.3) is 0 Å². The quantitative estimate of drug-likeness (QED) is 0.770. The predicted molar refractivity (Wildman–Crippen MR) is 86.9 cm³/mol. The van der Waals surface area contributed by atoms with Crippen molar-refractivity contribution in [1.82, 2.24) is 0 Å². The maximum atomic E-state index is 11.9. The van der Waals surface area contributed by atoms with Gasteiger partial charge in [0.05, 0.1) is 20.1 Å². The van der Waals surface area contributed by atoms with E-state index < -0.39 is 10.7 Å².